The number of sulfonamides is 1. The molecule has 1 amide bonds. The standard InChI is InChI=1S/C24H29N5O3S/c1-17-19-9-5-6-10-21(19)26-23(25-17)16-28(4)24(30)20-15-18(33(31,32)27(2)3)11-12-22(20)29-13-7-8-14-29/h5-6,9-12,15H,7-8,13-14,16H2,1-4H3. The Labute approximate surface area is 194 Å². The molecule has 0 aliphatic carbocycles. The fourth-order valence-electron chi connectivity index (χ4n) is 4.15. The van der Waals surface area contributed by atoms with Gasteiger partial charge in [0.25, 0.3) is 5.91 Å². The van der Waals surface area contributed by atoms with E-state index in [0.717, 1.165) is 52.5 Å². The molecule has 0 saturated carbocycles. The summed E-state index contributed by atoms with van der Waals surface area (Å²) < 4.78 is 26.6. The van der Waals surface area contributed by atoms with Crippen molar-refractivity contribution < 1.29 is 13.2 Å². The van der Waals surface area contributed by atoms with E-state index < -0.39 is 10.0 Å². The summed E-state index contributed by atoms with van der Waals surface area (Å²) in [5.74, 6) is 0.281. The number of carbonyl (C=O) groups is 1. The van der Waals surface area contributed by atoms with Gasteiger partial charge in [0.1, 0.15) is 5.82 Å². The van der Waals surface area contributed by atoms with Crippen molar-refractivity contribution in [2.45, 2.75) is 31.2 Å². The minimum absolute atomic E-state index is 0.102. The smallest absolute Gasteiger partial charge is 0.256 e. The largest absolute Gasteiger partial charge is 0.371 e. The molecule has 0 N–H and O–H groups in total. The van der Waals surface area contributed by atoms with Gasteiger partial charge in [0.05, 0.1) is 22.5 Å². The van der Waals surface area contributed by atoms with E-state index in [1.54, 1.807) is 24.1 Å². The SMILES string of the molecule is Cc1nc(CN(C)C(=O)c2cc(S(=O)(=O)N(C)C)ccc2N2CCCC2)nc2ccccc12. The molecule has 0 unspecified atom stereocenters. The van der Waals surface area contributed by atoms with Crippen LogP contribution < -0.4 is 4.90 Å². The van der Waals surface area contributed by atoms with Gasteiger partial charge in [0, 0.05) is 51.0 Å². The lowest BCUT2D eigenvalue weighted by molar-refractivity contribution is 0.0782. The van der Waals surface area contributed by atoms with Crippen LogP contribution in [0, 0.1) is 6.92 Å². The monoisotopic (exact) mass is 467 g/mol. The first kappa shape index (κ1) is 23.1. The van der Waals surface area contributed by atoms with Crippen LogP contribution in [-0.2, 0) is 16.6 Å². The van der Waals surface area contributed by atoms with Crippen molar-refractivity contribution in [2.75, 3.05) is 39.1 Å². The summed E-state index contributed by atoms with van der Waals surface area (Å²) in [4.78, 5) is 26.5. The number of rotatable bonds is 6. The first-order valence-corrected chi connectivity index (χ1v) is 12.4. The molecule has 1 aliphatic rings. The second-order valence-corrected chi connectivity index (χ2v) is 10.7. The van der Waals surface area contributed by atoms with Crippen LogP contribution in [0.1, 0.15) is 34.7 Å². The Morgan fingerprint density at radius 3 is 2.42 bits per heavy atom. The number of carbonyl (C=O) groups excluding carboxylic acids is 1. The lowest BCUT2D eigenvalue weighted by atomic mass is 10.1. The molecule has 2 heterocycles. The molecular formula is C24H29N5O3S. The van der Waals surface area contributed by atoms with E-state index >= 15 is 0 Å². The second kappa shape index (κ2) is 9.07. The van der Waals surface area contributed by atoms with Gasteiger partial charge in [-0.3, -0.25) is 4.79 Å². The quantitative estimate of drug-likeness (QED) is 0.554. The summed E-state index contributed by atoms with van der Waals surface area (Å²) in [6, 6.07) is 12.6. The highest BCUT2D eigenvalue weighted by Crippen LogP contribution is 2.29. The number of hydrogen-bond acceptors (Lipinski definition) is 6. The number of para-hydroxylation sites is 1. The van der Waals surface area contributed by atoms with Crippen LogP contribution in [0.3, 0.4) is 0 Å². The van der Waals surface area contributed by atoms with Crippen LogP contribution in [0.4, 0.5) is 5.69 Å². The molecule has 1 fully saturated rings. The van der Waals surface area contributed by atoms with E-state index in [-0.39, 0.29) is 17.3 Å². The number of aromatic nitrogens is 2. The van der Waals surface area contributed by atoms with Gasteiger partial charge in [-0.2, -0.15) is 0 Å². The topological polar surface area (TPSA) is 86.7 Å². The number of hydrogen-bond donors (Lipinski definition) is 0. The maximum absolute atomic E-state index is 13.6. The number of anilines is 1. The van der Waals surface area contributed by atoms with Crippen molar-refractivity contribution in [1.82, 2.24) is 19.2 Å². The van der Waals surface area contributed by atoms with Crippen LogP contribution in [0.2, 0.25) is 0 Å². The summed E-state index contributed by atoms with van der Waals surface area (Å²) in [5, 5.41) is 0.980. The molecule has 0 radical (unpaired) electrons. The Hall–Kier alpha value is -3.04. The highest BCUT2D eigenvalue weighted by molar-refractivity contribution is 7.89. The number of amides is 1. The fourth-order valence-corrected chi connectivity index (χ4v) is 5.08. The maximum atomic E-state index is 13.6. The average molecular weight is 468 g/mol. The van der Waals surface area contributed by atoms with Crippen molar-refractivity contribution in [3.05, 3.63) is 59.5 Å². The average Bonchev–Trinajstić information content (AvgIpc) is 3.33. The lowest BCUT2D eigenvalue weighted by Gasteiger charge is -2.25. The fraction of sp³-hybridized carbons (Fsp3) is 0.375. The molecule has 0 spiro atoms. The molecule has 33 heavy (non-hydrogen) atoms. The first-order valence-electron chi connectivity index (χ1n) is 11.0. The van der Waals surface area contributed by atoms with Crippen LogP contribution in [0.25, 0.3) is 10.9 Å². The molecule has 174 valence electrons. The van der Waals surface area contributed by atoms with Crippen molar-refractivity contribution in [3.63, 3.8) is 0 Å². The van der Waals surface area contributed by atoms with Gasteiger partial charge in [-0.05, 0) is 44.0 Å². The molecule has 0 atom stereocenters. The van der Waals surface area contributed by atoms with Crippen molar-refractivity contribution >= 4 is 32.5 Å². The molecule has 8 nitrogen and oxygen atoms in total. The third-order valence-corrected chi connectivity index (χ3v) is 7.80. The minimum Gasteiger partial charge on any atom is -0.371 e. The molecule has 0 bridgehead atoms. The predicted molar refractivity (Wildman–Crippen MR) is 129 cm³/mol. The molecule has 1 saturated heterocycles. The zero-order chi connectivity index (χ0) is 23.8. The highest BCUT2D eigenvalue weighted by Gasteiger charge is 2.26. The third-order valence-electron chi connectivity index (χ3n) is 5.99. The van der Waals surface area contributed by atoms with E-state index in [0.29, 0.717) is 11.4 Å². The molecule has 4 rings (SSSR count). The molecule has 3 aromatic rings. The molecule has 1 aromatic heterocycles. The van der Waals surface area contributed by atoms with Gasteiger partial charge in [0.2, 0.25) is 10.0 Å². The molecular weight excluding hydrogens is 438 g/mol. The third kappa shape index (κ3) is 4.56. The van der Waals surface area contributed by atoms with Gasteiger partial charge in [-0.15, -0.1) is 0 Å². The Morgan fingerprint density at radius 2 is 1.73 bits per heavy atom. The molecule has 2 aromatic carbocycles. The van der Waals surface area contributed by atoms with Gasteiger partial charge in [-0.1, -0.05) is 18.2 Å². The van der Waals surface area contributed by atoms with E-state index in [1.165, 1.54) is 20.2 Å². The van der Waals surface area contributed by atoms with Gasteiger partial charge in [-0.25, -0.2) is 22.7 Å². The summed E-state index contributed by atoms with van der Waals surface area (Å²) in [7, 11) is 0.989. The summed E-state index contributed by atoms with van der Waals surface area (Å²) in [5.41, 5.74) is 2.82. The maximum Gasteiger partial charge on any atom is 0.256 e. The van der Waals surface area contributed by atoms with Crippen LogP contribution >= 0.6 is 0 Å². The van der Waals surface area contributed by atoms with E-state index in [9.17, 15) is 13.2 Å². The van der Waals surface area contributed by atoms with Gasteiger partial charge < -0.3 is 9.80 Å². The van der Waals surface area contributed by atoms with Crippen molar-refractivity contribution in [1.29, 1.82) is 0 Å². The molecule has 1 aliphatic heterocycles. The Bertz CT molecular complexity index is 1300. The Kier molecular flexibility index (Phi) is 6.36. The number of fused-ring (bicyclic) bond motifs is 1. The molecule has 9 heteroatoms. The summed E-state index contributed by atoms with van der Waals surface area (Å²) in [6.07, 6.45) is 2.09. The summed E-state index contributed by atoms with van der Waals surface area (Å²) in [6.45, 7) is 3.83. The summed E-state index contributed by atoms with van der Waals surface area (Å²) >= 11 is 0. The van der Waals surface area contributed by atoms with Crippen molar-refractivity contribution in [3.8, 4) is 0 Å². The highest BCUT2D eigenvalue weighted by atomic mass is 32.2. The van der Waals surface area contributed by atoms with E-state index in [4.69, 9.17) is 0 Å². The van der Waals surface area contributed by atoms with Gasteiger partial charge in [0.15, 0.2) is 0 Å². The minimum atomic E-state index is -3.67. The number of aryl methyl sites for hydroxylation is 1. The Balaban J connectivity index is 1.69. The normalized spacial score (nSPS) is 14.3. The second-order valence-electron chi connectivity index (χ2n) is 8.56. The van der Waals surface area contributed by atoms with Crippen LogP contribution in [-0.4, -0.2) is 67.7 Å². The Morgan fingerprint density at radius 1 is 1.03 bits per heavy atom. The van der Waals surface area contributed by atoms with Crippen LogP contribution in [0.15, 0.2) is 47.4 Å². The van der Waals surface area contributed by atoms with E-state index in [1.807, 2.05) is 31.2 Å². The zero-order valence-electron chi connectivity index (χ0n) is 19.4. The van der Waals surface area contributed by atoms with Crippen molar-refractivity contribution in [2.24, 2.45) is 0 Å². The number of nitrogens with zero attached hydrogens (tertiary/aromatic N) is 5. The first-order chi connectivity index (χ1) is 15.7. The van der Waals surface area contributed by atoms with Crippen LogP contribution in [0.5, 0.6) is 0 Å². The number of benzene rings is 2. The van der Waals surface area contributed by atoms with E-state index in [2.05, 4.69) is 14.9 Å². The lowest BCUT2D eigenvalue weighted by Crippen LogP contribution is -2.30. The predicted octanol–water partition coefficient (Wildman–Crippen LogP) is 3.06. The zero-order valence-corrected chi connectivity index (χ0v) is 20.3. The van der Waals surface area contributed by atoms with Gasteiger partial charge >= 0.3 is 0 Å².